The second-order valence-electron chi connectivity index (χ2n) is 4.52. The van der Waals surface area contributed by atoms with Gasteiger partial charge in [0.05, 0.1) is 13.2 Å². The minimum absolute atomic E-state index is 0.0613. The summed E-state index contributed by atoms with van der Waals surface area (Å²) in [6.45, 7) is 2.95. The number of hydrogen-bond donors (Lipinski definition) is 2. The number of urea groups is 1. The summed E-state index contributed by atoms with van der Waals surface area (Å²) in [4.78, 5) is 11.7. The normalized spacial score (nSPS) is 24.0. The molecule has 2 N–H and O–H groups in total. The van der Waals surface area contributed by atoms with Crippen LogP contribution in [-0.2, 0) is 4.74 Å². The summed E-state index contributed by atoms with van der Waals surface area (Å²) in [5.74, 6) is 0. The van der Waals surface area contributed by atoms with Crippen molar-refractivity contribution in [3.8, 4) is 0 Å². The first-order valence-electron chi connectivity index (χ1n) is 6.24. The fourth-order valence-electron chi connectivity index (χ4n) is 2.28. The van der Waals surface area contributed by atoms with Crippen molar-refractivity contribution in [3.63, 3.8) is 0 Å². The summed E-state index contributed by atoms with van der Waals surface area (Å²) >= 11 is 0. The summed E-state index contributed by atoms with van der Waals surface area (Å²) in [5, 5.41) is 4.95. The van der Waals surface area contributed by atoms with E-state index in [0.717, 1.165) is 25.9 Å². The summed E-state index contributed by atoms with van der Waals surface area (Å²) in [5.41, 5.74) is 2.87. The van der Waals surface area contributed by atoms with Crippen LogP contribution in [-0.4, -0.2) is 43.4 Å². The predicted molar refractivity (Wildman–Crippen MR) is 60.9 cm³/mol. The third-order valence-corrected chi connectivity index (χ3v) is 3.21. The van der Waals surface area contributed by atoms with Crippen LogP contribution >= 0.6 is 0 Å². The average molecular weight is 227 g/mol. The van der Waals surface area contributed by atoms with E-state index in [4.69, 9.17) is 4.74 Å². The van der Waals surface area contributed by atoms with Gasteiger partial charge < -0.3 is 10.1 Å². The largest absolute Gasteiger partial charge is 0.379 e. The Kier molecular flexibility index (Phi) is 4.42. The molecule has 2 amide bonds. The lowest BCUT2D eigenvalue weighted by Gasteiger charge is -2.29. The third-order valence-electron chi connectivity index (χ3n) is 3.21. The molecule has 2 rings (SSSR count). The Morgan fingerprint density at radius 2 is 1.81 bits per heavy atom. The summed E-state index contributed by atoms with van der Waals surface area (Å²) < 4.78 is 5.22. The molecule has 5 heteroatoms. The number of amides is 2. The number of hydrogen-bond acceptors (Lipinski definition) is 3. The van der Waals surface area contributed by atoms with Crippen LogP contribution in [0.2, 0.25) is 0 Å². The molecule has 2 fully saturated rings. The summed E-state index contributed by atoms with van der Waals surface area (Å²) in [6.07, 6.45) is 6.03. The molecule has 1 saturated heterocycles. The first kappa shape index (κ1) is 11.7. The molecule has 0 radical (unpaired) electrons. The van der Waals surface area contributed by atoms with E-state index in [-0.39, 0.29) is 6.03 Å². The smallest absolute Gasteiger partial charge is 0.329 e. The molecule has 92 valence electrons. The molecule has 16 heavy (non-hydrogen) atoms. The summed E-state index contributed by atoms with van der Waals surface area (Å²) in [6, 6.07) is 0.309. The number of nitrogens with zero attached hydrogens (tertiary/aromatic N) is 1. The highest BCUT2D eigenvalue weighted by Crippen LogP contribution is 2.17. The second-order valence-corrected chi connectivity index (χ2v) is 4.52. The number of hydrazine groups is 1. The van der Waals surface area contributed by atoms with Crippen LogP contribution in [0.1, 0.15) is 32.1 Å². The van der Waals surface area contributed by atoms with Crippen LogP contribution in [0.3, 0.4) is 0 Å². The van der Waals surface area contributed by atoms with Crippen molar-refractivity contribution >= 4 is 6.03 Å². The molecule has 0 aromatic carbocycles. The number of morpholine rings is 1. The highest BCUT2D eigenvalue weighted by atomic mass is 16.5. The number of carbonyl (C=O) groups is 1. The first-order valence-corrected chi connectivity index (χ1v) is 6.24. The molecular formula is C11H21N3O2. The van der Waals surface area contributed by atoms with Crippen LogP contribution in [0.4, 0.5) is 4.79 Å². The van der Waals surface area contributed by atoms with Gasteiger partial charge in [0.15, 0.2) is 0 Å². The van der Waals surface area contributed by atoms with Gasteiger partial charge in [-0.2, -0.15) is 0 Å². The Hall–Kier alpha value is -0.810. The van der Waals surface area contributed by atoms with E-state index >= 15 is 0 Å². The van der Waals surface area contributed by atoms with Gasteiger partial charge in [-0.1, -0.05) is 19.3 Å². The second kappa shape index (κ2) is 6.06. The van der Waals surface area contributed by atoms with Crippen molar-refractivity contribution in [1.82, 2.24) is 15.8 Å². The van der Waals surface area contributed by atoms with Gasteiger partial charge in [0.2, 0.25) is 0 Å². The lowest BCUT2D eigenvalue weighted by Crippen LogP contribution is -2.53. The maximum Gasteiger partial charge on any atom is 0.329 e. The van der Waals surface area contributed by atoms with Gasteiger partial charge in [0, 0.05) is 19.1 Å². The van der Waals surface area contributed by atoms with Crippen LogP contribution in [0.5, 0.6) is 0 Å². The van der Waals surface area contributed by atoms with Gasteiger partial charge in [-0.15, -0.1) is 0 Å². The molecule has 0 spiro atoms. The molecule has 5 nitrogen and oxygen atoms in total. The Labute approximate surface area is 96.5 Å². The first-order chi connectivity index (χ1) is 7.84. The van der Waals surface area contributed by atoms with Crippen molar-refractivity contribution in [1.29, 1.82) is 0 Å². The molecule has 1 saturated carbocycles. The predicted octanol–water partition coefficient (Wildman–Crippen LogP) is 0.865. The number of rotatable bonds is 2. The zero-order chi connectivity index (χ0) is 11.2. The lowest BCUT2D eigenvalue weighted by atomic mass is 9.96. The minimum Gasteiger partial charge on any atom is -0.379 e. The highest BCUT2D eigenvalue weighted by molar-refractivity contribution is 5.73. The van der Waals surface area contributed by atoms with E-state index in [1.165, 1.54) is 19.3 Å². The summed E-state index contributed by atoms with van der Waals surface area (Å²) in [7, 11) is 0. The lowest BCUT2D eigenvalue weighted by molar-refractivity contribution is 0.0192. The molecule has 1 aliphatic carbocycles. The van der Waals surface area contributed by atoms with E-state index in [9.17, 15) is 4.79 Å². The van der Waals surface area contributed by atoms with E-state index in [1.54, 1.807) is 0 Å². The van der Waals surface area contributed by atoms with E-state index in [1.807, 2.05) is 5.01 Å². The van der Waals surface area contributed by atoms with Crippen molar-refractivity contribution in [2.45, 2.75) is 38.1 Å². The average Bonchev–Trinajstić information content (AvgIpc) is 2.31. The van der Waals surface area contributed by atoms with Crippen LogP contribution in [0, 0.1) is 0 Å². The Morgan fingerprint density at radius 1 is 1.12 bits per heavy atom. The molecule has 0 atom stereocenters. The van der Waals surface area contributed by atoms with Crippen molar-refractivity contribution in [3.05, 3.63) is 0 Å². The van der Waals surface area contributed by atoms with Crippen molar-refractivity contribution < 1.29 is 9.53 Å². The van der Waals surface area contributed by atoms with Gasteiger partial charge in [-0.3, -0.25) is 5.43 Å². The van der Waals surface area contributed by atoms with Gasteiger partial charge in [-0.05, 0) is 12.8 Å². The topological polar surface area (TPSA) is 53.6 Å². The number of carbonyl (C=O) groups excluding carboxylic acids is 1. The van der Waals surface area contributed by atoms with Crippen molar-refractivity contribution in [2.75, 3.05) is 26.3 Å². The van der Waals surface area contributed by atoms with Crippen LogP contribution in [0.15, 0.2) is 0 Å². The van der Waals surface area contributed by atoms with Crippen LogP contribution < -0.4 is 10.7 Å². The molecule has 1 heterocycles. The molecular weight excluding hydrogens is 206 g/mol. The van der Waals surface area contributed by atoms with Gasteiger partial charge >= 0.3 is 6.03 Å². The molecule has 0 unspecified atom stereocenters. The number of nitrogens with one attached hydrogen (secondary N) is 2. The molecule has 1 aliphatic heterocycles. The van der Waals surface area contributed by atoms with E-state index < -0.39 is 0 Å². The highest BCUT2D eigenvalue weighted by Gasteiger charge is 2.17. The van der Waals surface area contributed by atoms with E-state index in [2.05, 4.69) is 10.7 Å². The molecule has 0 aromatic rings. The minimum atomic E-state index is -0.0613. The van der Waals surface area contributed by atoms with Crippen LogP contribution in [0.25, 0.3) is 0 Å². The van der Waals surface area contributed by atoms with Crippen molar-refractivity contribution in [2.24, 2.45) is 0 Å². The monoisotopic (exact) mass is 227 g/mol. The standard InChI is InChI=1S/C11H21N3O2/c15-11(12-10-4-2-1-3-5-10)13-14-6-8-16-9-7-14/h10H,1-9H2,(H2,12,13,15). The van der Waals surface area contributed by atoms with E-state index in [0.29, 0.717) is 19.3 Å². The third kappa shape index (κ3) is 3.64. The van der Waals surface area contributed by atoms with Gasteiger partial charge in [0.1, 0.15) is 0 Å². The fraction of sp³-hybridized carbons (Fsp3) is 0.909. The fourth-order valence-corrected chi connectivity index (χ4v) is 2.28. The molecule has 2 aliphatic rings. The Balaban J connectivity index is 1.66. The maximum atomic E-state index is 11.7. The Morgan fingerprint density at radius 3 is 2.50 bits per heavy atom. The zero-order valence-corrected chi connectivity index (χ0v) is 9.71. The molecule has 0 bridgehead atoms. The number of ether oxygens (including phenoxy) is 1. The quantitative estimate of drug-likeness (QED) is 0.736. The van der Waals surface area contributed by atoms with Gasteiger partial charge in [0.25, 0.3) is 0 Å². The Bertz CT molecular complexity index is 201. The maximum absolute atomic E-state index is 11.7. The zero-order valence-electron chi connectivity index (χ0n) is 9.71. The SMILES string of the molecule is O=C(NC1CCCCC1)NN1CCOCC1. The van der Waals surface area contributed by atoms with Gasteiger partial charge in [-0.25, -0.2) is 9.80 Å². The molecule has 0 aromatic heterocycles.